The van der Waals surface area contributed by atoms with Crippen LogP contribution in [0.4, 0.5) is 0 Å². The van der Waals surface area contributed by atoms with E-state index in [0.717, 1.165) is 16.5 Å². The van der Waals surface area contributed by atoms with Gasteiger partial charge in [0, 0.05) is 23.2 Å². The highest BCUT2D eigenvalue weighted by Crippen LogP contribution is 2.26. The number of aromatic nitrogens is 4. The molecular weight excluding hydrogens is 292 g/mol. The van der Waals surface area contributed by atoms with E-state index < -0.39 is 0 Å². The Balaban J connectivity index is 1.97. The zero-order valence-electron chi connectivity index (χ0n) is 12.7. The molecule has 0 amide bonds. The summed E-state index contributed by atoms with van der Waals surface area (Å²) in [5, 5.41) is 5.42. The first-order valence-electron chi connectivity index (χ1n) is 7.18. The van der Waals surface area contributed by atoms with Gasteiger partial charge in [0.25, 0.3) is 5.56 Å². The molecule has 0 spiro atoms. The van der Waals surface area contributed by atoms with E-state index in [0.29, 0.717) is 22.8 Å². The quantitative estimate of drug-likeness (QED) is 0.617. The smallest absolute Gasteiger partial charge is 0.282 e. The molecule has 2 aliphatic rings. The average molecular weight is 306 g/mol. The number of hydrogen-bond acceptors (Lipinski definition) is 4. The topological polar surface area (TPSA) is 72.8 Å². The van der Waals surface area contributed by atoms with E-state index >= 15 is 0 Å². The van der Waals surface area contributed by atoms with Crippen LogP contribution in [0.3, 0.4) is 0 Å². The van der Waals surface area contributed by atoms with Crippen LogP contribution in [0.2, 0.25) is 0 Å². The van der Waals surface area contributed by atoms with Gasteiger partial charge in [-0.15, -0.1) is 0 Å². The minimum Gasteiger partial charge on any atom is -0.481 e. The molecule has 0 aliphatic carbocycles. The lowest BCUT2D eigenvalue weighted by molar-refractivity contribution is 0.397. The fraction of sp³-hybridized carbons (Fsp3) is 0.118. The number of nitrogens with one attached hydrogen (secondary N) is 1. The Labute approximate surface area is 131 Å². The molecule has 6 nitrogen and oxygen atoms in total. The van der Waals surface area contributed by atoms with Crippen molar-refractivity contribution in [1.82, 2.24) is 19.7 Å². The third kappa shape index (κ3) is 2.07. The van der Waals surface area contributed by atoms with Gasteiger partial charge in [-0.05, 0) is 24.6 Å². The maximum absolute atomic E-state index is 12.6. The zero-order valence-corrected chi connectivity index (χ0v) is 12.7. The van der Waals surface area contributed by atoms with Crippen molar-refractivity contribution in [3.8, 4) is 22.8 Å². The fourth-order valence-corrected chi connectivity index (χ4v) is 2.67. The molecule has 0 atom stereocenters. The Morgan fingerprint density at radius 2 is 2.09 bits per heavy atom. The van der Waals surface area contributed by atoms with Crippen LogP contribution < -0.4 is 10.3 Å². The Morgan fingerprint density at radius 3 is 2.83 bits per heavy atom. The van der Waals surface area contributed by atoms with Gasteiger partial charge >= 0.3 is 0 Å². The van der Waals surface area contributed by atoms with Crippen molar-refractivity contribution in [2.75, 3.05) is 7.11 Å². The number of rotatable bonds is 2. The van der Waals surface area contributed by atoms with Gasteiger partial charge in [0.2, 0.25) is 5.88 Å². The first kappa shape index (κ1) is 13.5. The molecule has 1 aromatic carbocycles. The standard InChI is InChI=1S/C17H14N4O2/c1-10-3-5-12-14(7-10)18-9-13-16(12)20-21(17(13)22)11-4-6-15(23-2)19-8-11/h3-9,18H,1-2H3. The van der Waals surface area contributed by atoms with Crippen LogP contribution in [0.25, 0.3) is 27.8 Å². The highest BCUT2D eigenvalue weighted by atomic mass is 16.5. The predicted octanol–water partition coefficient (Wildman–Crippen LogP) is 2.53. The molecule has 0 saturated heterocycles. The molecule has 3 heterocycles. The van der Waals surface area contributed by atoms with Gasteiger partial charge in [-0.3, -0.25) is 4.79 Å². The molecule has 0 saturated carbocycles. The van der Waals surface area contributed by atoms with Crippen molar-refractivity contribution in [2.45, 2.75) is 6.92 Å². The van der Waals surface area contributed by atoms with Gasteiger partial charge in [-0.2, -0.15) is 9.78 Å². The molecule has 4 rings (SSSR count). The molecule has 0 unspecified atom stereocenters. The number of fused-ring (bicyclic) bond motifs is 3. The zero-order chi connectivity index (χ0) is 16.0. The maximum Gasteiger partial charge on any atom is 0.282 e. The predicted molar refractivity (Wildman–Crippen MR) is 87.4 cm³/mol. The highest BCUT2D eigenvalue weighted by molar-refractivity contribution is 5.93. The van der Waals surface area contributed by atoms with Crippen molar-refractivity contribution >= 4 is 10.9 Å². The summed E-state index contributed by atoms with van der Waals surface area (Å²) < 4.78 is 6.40. The number of hydrogen-bond donors (Lipinski definition) is 1. The van der Waals surface area contributed by atoms with E-state index in [9.17, 15) is 4.79 Å². The number of methoxy groups -OCH3 is 1. The van der Waals surface area contributed by atoms with Crippen molar-refractivity contribution in [3.63, 3.8) is 0 Å². The van der Waals surface area contributed by atoms with Gasteiger partial charge in [-0.25, -0.2) is 4.98 Å². The molecule has 23 heavy (non-hydrogen) atoms. The normalized spacial score (nSPS) is 11.2. The van der Waals surface area contributed by atoms with Gasteiger partial charge in [0.1, 0.15) is 5.69 Å². The number of aromatic amines is 1. The third-order valence-electron chi connectivity index (χ3n) is 3.85. The lowest BCUT2D eigenvalue weighted by Crippen LogP contribution is -2.14. The van der Waals surface area contributed by atoms with E-state index in [1.54, 1.807) is 31.6 Å². The van der Waals surface area contributed by atoms with Crippen LogP contribution >= 0.6 is 0 Å². The van der Waals surface area contributed by atoms with Crippen LogP contribution in [0.1, 0.15) is 5.56 Å². The second-order valence-corrected chi connectivity index (χ2v) is 5.38. The monoisotopic (exact) mass is 306 g/mol. The Morgan fingerprint density at radius 1 is 1.22 bits per heavy atom. The summed E-state index contributed by atoms with van der Waals surface area (Å²) in [6, 6.07) is 9.48. The summed E-state index contributed by atoms with van der Waals surface area (Å²) in [5.41, 5.74) is 3.76. The van der Waals surface area contributed by atoms with E-state index in [-0.39, 0.29) is 5.56 Å². The van der Waals surface area contributed by atoms with Crippen LogP contribution in [-0.2, 0) is 0 Å². The van der Waals surface area contributed by atoms with E-state index in [1.807, 2.05) is 25.1 Å². The minimum atomic E-state index is -0.175. The van der Waals surface area contributed by atoms with Gasteiger partial charge in [0.15, 0.2) is 0 Å². The number of H-pyrrole nitrogens is 1. The van der Waals surface area contributed by atoms with E-state index in [2.05, 4.69) is 15.1 Å². The number of ether oxygens (including phenoxy) is 1. The summed E-state index contributed by atoms with van der Waals surface area (Å²) in [7, 11) is 1.55. The average Bonchev–Trinajstić information content (AvgIpc) is 2.92. The molecule has 0 bridgehead atoms. The van der Waals surface area contributed by atoms with Gasteiger partial charge in [-0.1, -0.05) is 12.1 Å². The molecule has 0 radical (unpaired) electrons. The van der Waals surface area contributed by atoms with Crippen LogP contribution in [0.5, 0.6) is 5.88 Å². The second-order valence-electron chi connectivity index (χ2n) is 5.38. The van der Waals surface area contributed by atoms with Crippen LogP contribution in [0, 0.1) is 6.92 Å². The Kier molecular flexibility index (Phi) is 2.90. The largest absolute Gasteiger partial charge is 0.481 e. The summed E-state index contributed by atoms with van der Waals surface area (Å²) in [6.07, 6.45) is 3.28. The molecular formula is C17H14N4O2. The van der Waals surface area contributed by atoms with Crippen molar-refractivity contribution in [3.05, 3.63) is 58.6 Å². The van der Waals surface area contributed by atoms with Gasteiger partial charge in [0.05, 0.1) is 24.6 Å². The summed E-state index contributed by atoms with van der Waals surface area (Å²) in [6.45, 7) is 2.03. The summed E-state index contributed by atoms with van der Waals surface area (Å²) in [5.74, 6) is 0.493. The fourth-order valence-electron chi connectivity index (χ4n) is 2.67. The number of benzene rings is 1. The maximum atomic E-state index is 12.6. The van der Waals surface area contributed by atoms with Crippen LogP contribution in [-0.4, -0.2) is 26.9 Å². The number of pyridine rings is 2. The molecule has 2 aliphatic heterocycles. The van der Waals surface area contributed by atoms with E-state index in [1.165, 1.54) is 4.68 Å². The lowest BCUT2D eigenvalue weighted by Gasteiger charge is -2.03. The minimum absolute atomic E-state index is 0.175. The van der Waals surface area contributed by atoms with Crippen molar-refractivity contribution < 1.29 is 4.74 Å². The first-order chi connectivity index (χ1) is 11.2. The molecule has 1 aromatic heterocycles. The molecule has 114 valence electrons. The molecule has 6 heteroatoms. The van der Waals surface area contributed by atoms with E-state index in [4.69, 9.17) is 4.74 Å². The number of aryl methyl sites for hydroxylation is 1. The molecule has 0 fully saturated rings. The summed E-state index contributed by atoms with van der Waals surface area (Å²) >= 11 is 0. The van der Waals surface area contributed by atoms with Crippen LogP contribution in [0.15, 0.2) is 47.5 Å². The second kappa shape index (κ2) is 4.95. The Hall–Kier alpha value is -3.15. The lowest BCUT2D eigenvalue weighted by atomic mass is 10.1. The summed E-state index contributed by atoms with van der Waals surface area (Å²) in [4.78, 5) is 19.9. The van der Waals surface area contributed by atoms with Gasteiger partial charge < -0.3 is 9.72 Å². The molecule has 2 aromatic rings. The van der Waals surface area contributed by atoms with Crippen molar-refractivity contribution in [2.24, 2.45) is 0 Å². The SMILES string of the molecule is COc1ccc(-n2nc3c4ccc(C)cc4[nH]cc-3c2=O)cn1. The van der Waals surface area contributed by atoms with Crippen molar-refractivity contribution in [1.29, 1.82) is 0 Å². The molecule has 1 N–H and O–H groups in total. The number of nitrogens with zero attached hydrogens (tertiary/aromatic N) is 3. The highest BCUT2D eigenvalue weighted by Gasteiger charge is 2.19. The third-order valence-corrected chi connectivity index (χ3v) is 3.85. The first-order valence-corrected chi connectivity index (χ1v) is 7.18. The Bertz CT molecular complexity index is 1030.